The first-order valence-electron chi connectivity index (χ1n) is 2.20. The van der Waals surface area contributed by atoms with E-state index < -0.39 is 0 Å². The summed E-state index contributed by atoms with van der Waals surface area (Å²) in [5.41, 5.74) is 0. The predicted octanol–water partition coefficient (Wildman–Crippen LogP) is 0.306. The molecule has 0 saturated heterocycles. The second kappa shape index (κ2) is 5.44. The summed E-state index contributed by atoms with van der Waals surface area (Å²) in [5, 5.41) is 0. The maximum absolute atomic E-state index is 4.98. The fourth-order valence-electron chi connectivity index (χ4n) is 0.162. The summed E-state index contributed by atoms with van der Waals surface area (Å²) < 4.78 is 0. The Labute approximate surface area is 44.8 Å². The van der Waals surface area contributed by atoms with Crippen LogP contribution in [0.15, 0.2) is 9.98 Å². The molecular weight excluding hydrogens is 86.9 g/mol. The van der Waals surface area contributed by atoms with Gasteiger partial charge in [-0.1, -0.05) is 0 Å². The van der Waals surface area contributed by atoms with Crippen molar-refractivity contribution in [3.05, 3.63) is 0 Å². The van der Waals surface area contributed by atoms with Gasteiger partial charge in [-0.05, 0) is 6.92 Å². The van der Waals surface area contributed by atoms with Crippen molar-refractivity contribution in [3.63, 3.8) is 0 Å². The smallest absolute Gasteiger partial charge is 0.0983 e. The highest BCUT2D eigenvalue weighted by Gasteiger charge is 1.57. The van der Waals surface area contributed by atoms with E-state index in [0.29, 0.717) is 0 Å². The van der Waals surface area contributed by atoms with Gasteiger partial charge in [-0.25, -0.2) is 9.98 Å². The summed E-state index contributed by atoms with van der Waals surface area (Å²) in [6.45, 7) is 2.64. The molecule has 0 fully saturated rings. The molecule has 0 rings (SSSR count). The summed E-state index contributed by atoms with van der Waals surface area (Å²) >= 11 is 0. The van der Waals surface area contributed by atoms with Crippen molar-refractivity contribution < 1.29 is 0 Å². The summed E-state index contributed by atoms with van der Waals surface area (Å²) in [4.78, 5) is 7.19. The Bertz CT molecular complexity index is 75.7. The summed E-state index contributed by atoms with van der Waals surface area (Å²) in [6, 6.07) is 2.41. The third kappa shape index (κ3) is 5.44. The van der Waals surface area contributed by atoms with Crippen molar-refractivity contribution in [2.75, 3.05) is 13.0 Å². The number of hydrogen-bond donors (Lipinski definition) is 0. The van der Waals surface area contributed by atoms with Crippen molar-refractivity contribution in [3.8, 4) is 0 Å². The van der Waals surface area contributed by atoms with Gasteiger partial charge in [-0.2, -0.15) is 0 Å². The van der Waals surface area contributed by atoms with Gasteiger partial charge in [0.25, 0.3) is 0 Å². The molecule has 0 bridgehead atoms. The zero-order valence-corrected chi connectivity index (χ0v) is 4.39. The van der Waals surface area contributed by atoms with Crippen LogP contribution in [0.3, 0.4) is 0 Å². The van der Waals surface area contributed by atoms with Crippen molar-refractivity contribution in [1.82, 2.24) is 0 Å². The summed E-state index contributed by atoms with van der Waals surface area (Å²) in [6.07, 6.45) is 0.281. The van der Waals surface area contributed by atoms with Crippen LogP contribution < -0.4 is 0 Å². The number of nitrogens with zero attached hydrogens (tertiary/aromatic N) is 2. The largest absolute Gasteiger partial charge is 0.236 e. The summed E-state index contributed by atoms with van der Waals surface area (Å²) in [5.74, 6) is 0. The molecule has 0 N–H and O–H groups in total. The Kier molecular flexibility index (Phi) is 5.01. The lowest BCUT2D eigenvalue weighted by atomic mass is 10.2. The van der Waals surface area contributed by atoms with Crippen molar-refractivity contribution in [2.45, 2.75) is 6.92 Å². The van der Waals surface area contributed by atoms with E-state index in [9.17, 15) is 0 Å². The molecule has 0 saturated carbocycles. The van der Waals surface area contributed by atoms with E-state index >= 15 is 0 Å². The molecule has 0 aromatic carbocycles. The molecule has 0 aliphatic heterocycles. The molecule has 0 spiro atoms. The third-order valence-corrected chi connectivity index (χ3v) is 0.391. The lowest BCUT2D eigenvalue weighted by Gasteiger charge is -1.68. The van der Waals surface area contributed by atoms with Crippen LogP contribution in [0.1, 0.15) is 6.92 Å². The molecule has 2 nitrogen and oxygen atoms in total. The third-order valence-electron chi connectivity index (χ3n) is 0.391. The van der Waals surface area contributed by atoms with Gasteiger partial charge in [0, 0.05) is 13.0 Å². The predicted molar refractivity (Wildman–Crippen MR) is 31.0 cm³/mol. The van der Waals surface area contributed by atoms with Crippen LogP contribution >= 0.6 is 0 Å². The van der Waals surface area contributed by atoms with E-state index in [4.69, 9.17) is 7.85 Å². The molecule has 0 amide bonds. The van der Waals surface area contributed by atoms with Gasteiger partial charge in [0.15, 0.2) is 0 Å². The zero-order chi connectivity index (χ0) is 5.54. The van der Waals surface area contributed by atoms with Gasteiger partial charge in [0.2, 0.25) is 0 Å². The van der Waals surface area contributed by atoms with Crippen molar-refractivity contribution >= 4 is 13.9 Å². The SMILES string of the molecule is [B]CN=C=NCC. The van der Waals surface area contributed by atoms with Gasteiger partial charge < -0.3 is 0 Å². The molecule has 0 aliphatic rings. The highest BCUT2D eigenvalue weighted by Crippen LogP contribution is 1.58. The van der Waals surface area contributed by atoms with Gasteiger partial charge in [0.1, 0.15) is 0 Å². The van der Waals surface area contributed by atoms with Gasteiger partial charge in [-0.3, -0.25) is 0 Å². The zero-order valence-electron chi connectivity index (χ0n) is 4.39. The average Bonchev–Trinajstić information content (AvgIpc) is 1.69. The Morgan fingerprint density at radius 1 is 1.57 bits per heavy atom. The van der Waals surface area contributed by atoms with E-state index in [1.54, 1.807) is 0 Å². The van der Waals surface area contributed by atoms with Crippen LogP contribution in [0.25, 0.3) is 0 Å². The molecule has 0 heterocycles. The molecule has 0 aromatic heterocycles. The molecule has 0 unspecified atom stereocenters. The standard InChI is InChI=1S/C4H7BN2/c1-2-6-4-7-3-5/h2-3H2,1H3. The molecular formula is C4H7BN2. The molecule has 0 aromatic rings. The molecule has 0 atom stereocenters. The molecule has 7 heavy (non-hydrogen) atoms. The summed E-state index contributed by atoms with van der Waals surface area (Å²) in [7, 11) is 4.98. The fourth-order valence-corrected chi connectivity index (χ4v) is 0.162. The van der Waals surface area contributed by atoms with E-state index in [1.807, 2.05) is 6.92 Å². The second-order valence-electron chi connectivity index (χ2n) is 0.915. The van der Waals surface area contributed by atoms with Gasteiger partial charge >= 0.3 is 0 Å². The Balaban J connectivity index is 3.21. The Morgan fingerprint density at radius 3 is 2.71 bits per heavy atom. The first-order valence-corrected chi connectivity index (χ1v) is 2.20. The van der Waals surface area contributed by atoms with Crippen LogP contribution in [0, 0.1) is 0 Å². The Hall–Kier alpha value is -0.555. The average molecular weight is 93.9 g/mol. The minimum Gasteiger partial charge on any atom is -0.236 e. The van der Waals surface area contributed by atoms with Crippen LogP contribution in [-0.2, 0) is 0 Å². The number of rotatable bonds is 2. The highest BCUT2D eigenvalue weighted by atomic mass is 14.8. The van der Waals surface area contributed by atoms with Gasteiger partial charge in [-0.15, -0.1) is 0 Å². The lowest BCUT2D eigenvalue weighted by Crippen LogP contribution is -1.71. The minimum atomic E-state index is 0.281. The Morgan fingerprint density at radius 2 is 2.29 bits per heavy atom. The van der Waals surface area contributed by atoms with Crippen LogP contribution in [-0.4, -0.2) is 26.8 Å². The first kappa shape index (κ1) is 6.44. The van der Waals surface area contributed by atoms with Crippen molar-refractivity contribution in [2.24, 2.45) is 9.98 Å². The van der Waals surface area contributed by atoms with E-state index in [1.165, 1.54) is 0 Å². The van der Waals surface area contributed by atoms with Crippen LogP contribution in [0.5, 0.6) is 0 Å². The minimum absolute atomic E-state index is 0.281. The molecule has 2 radical (unpaired) electrons. The highest BCUT2D eigenvalue weighted by molar-refractivity contribution is 6.09. The first-order chi connectivity index (χ1) is 3.41. The molecule has 3 heteroatoms. The fraction of sp³-hybridized carbons (Fsp3) is 0.750. The number of aliphatic imine (C=N–C) groups is 2. The topological polar surface area (TPSA) is 24.7 Å². The monoisotopic (exact) mass is 94.1 g/mol. The van der Waals surface area contributed by atoms with Crippen molar-refractivity contribution in [1.29, 1.82) is 0 Å². The molecule has 36 valence electrons. The van der Waals surface area contributed by atoms with Gasteiger partial charge in [0.05, 0.1) is 13.9 Å². The van der Waals surface area contributed by atoms with Crippen LogP contribution in [0.2, 0.25) is 0 Å². The van der Waals surface area contributed by atoms with E-state index in [0.717, 1.165) is 6.54 Å². The maximum Gasteiger partial charge on any atom is 0.0983 e. The lowest BCUT2D eigenvalue weighted by molar-refractivity contribution is 1.14. The number of hydrogen-bond acceptors (Lipinski definition) is 2. The quantitative estimate of drug-likeness (QED) is 0.347. The maximum atomic E-state index is 4.98. The second-order valence-corrected chi connectivity index (χ2v) is 0.915. The van der Waals surface area contributed by atoms with E-state index in [-0.39, 0.29) is 6.44 Å². The van der Waals surface area contributed by atoms with Crippen LogP contribution in [0.4, 0.5) is 0 Å². The van der Waals surface area contributed by atoms with E-state index in [2.05, 4.69) is 16.0 Å². The normalized spacial score (nSPS) is 7.00. The molecule has 0 aliphatic carbocycles.